The maximum atomic E-state index is 12.4. The minimum atomic E-state index is -1.12. The van der Waals surface area contributed by atoms with E-state index in [0.717, 1.165) is 18.6 Å². The number of likely N-dealkylation sites (tertiary alicyclic amines) is 1. The molecule has 0 spiro atoms. The summed E-state index contributed by atoms with van der Waals surface area (Å²) in [6, 6.07) is 3.21. The summed E-state index contributed by atoms with van der Waals surface area (Å²) in [4.78, 5) is 25.3. The van der Waals surface area contributed by atoms with Crippen molar-refractivity contribution in [3.8, 4) is 0 Å². The number of aliphatic carboxylic acids is 1. The standard InChI is InChI=1S/C15H22N2O4/c1-11(10-12-6-5-9-21-12)16-14(20)17-8-4-3-7-15(17,2)13(18)19/h5-6,9,11H,3-4,7-8,10H2,1-2H3,(H,16,20)(H,18,19). The van der Waals surface area contributed by atoms with Crippen LogP contribution in [0.2, 0.25) is 0 Å². The van der Waals surface area contributed by atoms with Gasteiger partial charge < -0.3 is 19.7 Å². The molecule has 1 fully saturated rings. The first-order chi connectivity index (χ1) is 9.93. The molecule has 2 amide bonds. The number of carboxylic acid groups (broad SMARTS) is 1. The van der Waals surface area contributed by atoms with Gasteiger partial charge in [-0.2, -0.15) is 0 Å². The van der Waals surface area contributed by atoms with Gasteiger partial charge in [0.1, 0.15) is 11.3 Å². The monoisotopic (exact) mass is 294 g/mol. The fraction of sp³-hybridized carbons (Fsp3) is 0.600. The largest absolute Gasteiger partial charge is 0.480 e. The second kappa shape index (κ2) is 6.20. The zero-order chi connectivity index (χ0) is 15.5. The lowest BCUT2D eigenvalue weighted by Crippen LogP contribution is -2.60. The van der Waals surface area contributed by atoms with Crippen LogP contribution in [0.3, 0.4) is 0 Å². The Bertz CT molecular complexity index is 500. The molecule has 2 N–H and O–H groups in total. The number of amides is 2. The number of hydrogen-bond acceptors (Lipinski definition) is 3. The van der Waals surface area contributed by atoms with E-state index in [4.69, 9.17) is 4.42 Å². The Morgan fingerprint density at radius 3 is 2.90 bits per heavy atom. The van der Waals surface area contributed by atoms with E-state index in [1.165, 1.54) is 4.90 Å². The molecule has 1 aromatic rings. The van der Waals surface area contributed by atoms with E-state index in [2.05, 4.69) is 5.32 Å². The summed E-state index contributed by atoms with van der Waals surface area (Å²) in [5, 5.41) is 12.3. The minimum absolute atomic E-state index is 0.122. The molecule has 0 aliphatic carbocycles. The highest BCUT2D eigenvalue weighted by Gasteiger charge is 2.44. The third kappa shape index (κ3) is 3.37. The third-order valence-corrected chi connectivity index (χ3v) is 4.05. The topological polar surface area (TPSA) is 82.8 Å². The van der Waals surface area contributed by atoms with Crippen molar-refractivity contribution in [3.63, 3.8) is 0 Å². The quantitative estimate of drug-likeness (QED) is 0.892. The van der Waals surface area contributed by atoms with Crippen LogP contribution in [0.1, 0.15) is 38.9 Å². The van der Waals surface area contributed by atoms with Crippen LogP contribution in [0.25, 0.3) is 0 Å². The molecular weight excluding hydrogens is 272 g/mol. The zero-order valence-electron chi connectivity index (χ0n) is 12.5. The molecule has 0 aromatic carbocycles. The first kappa shape index (κ1) is 15.4. The van der Waals surface area contributed by atoms with Crippen LogP contribution in [0.4, 0.5) is 4.79 Å². The summed E-state index contributed by atoms with van der Waals surface area (Å²) in [6.07, 6.45) is 4.33. The fourth-order valence-electron chi connectivity index (χ4n) is 2.74. The number of rotatable bonds is 4. The van der Waals surface area contributed by atoms with E-state index in [9.17, 15) is 14.7 Å². The number of urea groups is 1. The van der Waals surface area contributed by atoms with Crippen molar-refractivity contribution in [1.29, 1.82) is 0 Å². The Morgan fingerprint density at radius 2 is 2.29 bits per heavy atom. The van der Waals surface area contributed by atoms with Gasteiger partial charge in [0.2, 0.25) is 0 Å². The van der Waals surface area contributed by atoms with Crippen LogP contribution >= 0.6 is 0 Å². The molecule has 2 unspecified atom stereocenters. The molecule has 1 aromatic heterocycles. The molecule has 116 valence electrons. The third-order valence-electron chi connectivity index (χ3n) is 4.05. The summed E-state index contributed by atoms with van der Waals surface area (Å²) in [5.74, 6) is -0.154. The SMILES string of the molecule is CC(Cc1ccco1)NC(=O)N1CCCCC1(C)C(=O)O. The van der Waals surface area contributed by atoms with Gasteiger partial charge in [-0.1, -0.05) is 0 Å². The van der Waals surface area contributed by atoms with Crippen LogP contribution in [0, 0.1) is 0 Å². The predicted octanol–water partition coefficient (Wildman–Crippen LogP) is 2.25. The van der Waals surface area contributed by atoms with E-state index in [1.807, 2.05) is 13.0 Å². The smallest absolute Gasteiger partial charge is 0.329 e. The lowest BCUT2D eigenvalue weighted by atomic mass is 9.89. The minimum Gasteiger partial charge on any atom is -0.480 e. The highest BCUT2D eigenvalue weighted by atomic mass is 16.4. The molecule has 2 atom stereocenters. The molecule has 6 heteroatoms. The van der Waals surface area contributed by atoms with Crippen molar-refractivity contribution >= 4 is 12.0 Å². The van der Waals surface area contributed by atoms with Gasteiger partial charge in [-0.15, -0.1) is 0 Å². The van der Waals surface area contributed by atoms with Crippen molar-refractivity contribution in [1.82, 2.24) is 10.2 Å². The number of nitrogens with one attached hydrogen (secondary N) is 1. The predicted molar refractivity (Wildman–Crippen MR) is 77.0 cm³/mol. The number of nitrogens with zero attached hydrogens (tertiary/aromatic N) is 1. The normalized spacial score (nSPS) is 23.6. The second-order valence-corrected chi connectivity index (χ2v) is 5.82. The van der Waals surface area contributed by atoms with Gasteiger partial charge >= 0.3 is 12.0 Å². The van der Waals surface area contributed by atoms with Crippen molar-refractivity contribution in [2.24, 2.45) is 0 Å². The van der Waals surface area contributed by atoms with Crippen LogP contribution in [0.5, 0.6) is 0 Å². The van der Waals surface area contributed by atoms with Crippen LogP contribution in [0.15, 0.2) is 22.8 Å². The number of hydrogen-bond donors (Lipinski definition) is 2. The fourth-order valence-corrected chi connectivity index (χ4v) is 2.74. The van der Waals surface area contributed by atoms with Gasteiger partial charge in [-0.3, -0.25) is 0 Å². The Morgan fingerprint density at radius 1 is 1.52 bits per heavy atom. The van der Waals surface area contributed by atoms with Crippen LogP contribution < -0.4 is 5.32 Å². The zero-order valence-corrected chi connectivity index (χ0v) is 12.5. The second-order valence-electron chi connectivity index (χ2n) is 5.82. The lowest BCUT2D eigenvalue weighted by molar-refractivity contribution is -0.150. The molecular formula is C15H22N2O4. The molecule has 2 heterocycles. The van der Waals surface area contributed by atoms with Crippen molar-refractivity contribution < 1.29 is 19.1 Å². The average molecular weight is 294 g/mol. The average Bonchev–Trinajstić information content (AvgIpc) is 2.91. The molecule has 21 heavy (non-hydrogen) atoms. The Hall–Kier alpha value is -1.98. The van der Waals surface area contributed by atoms with Gasteiger partial charge in [0, 0.05) is 19.0 Å². The summed E-state index contributed by atoms with van der Waals surface area (Å²) < 4.78 is 5.25. The first-order valence-electron chi connectivity index (χ1n) is 7.27. The number of carboxylic acids is 1. The summed E-state index contributed by atoms with van der Waals surface area (Å²) >= 11 is 0. The van der Waals surface area contributed by atoms with Crippen LogP contribution in [-0.2, 0) is 11.2 Å². The molecule has 1 saturated heterocycles. The van der Waals surface area contributed by atoms with Crippen molar-refractivity contribution in [3.05, 3.63) is 24.2 Å². The molecule has 0 bridgehead atoms. The van der Waals surface area contributed by atoms with Crippen molar-refractivity contribution in [2.75, 3.05) is 6.54 Å². The lowest BCUT2D eigenvalue weighted by Gasteiger charge is -2.41. The van der Waals surface area contributed by atoms with Crippen molar-refractivity contribution in [2.45, 2.75) is 51.1 Å². The molecule has 1 aliphatic rings. The van der Waals surface area contributed by atoms with Gasteiger partial charge in [0.05, 0.1) is 6.26 Å². The van der Waals surface area contributed by atoms with E-state index >= 15 is 0 Å². The molecule has 0 saturated carbocycles. The van der Waals surface area contributed by atoms with Gasteiger partial charge in [-0.25, -0.2) is 9.59 Å². The maximum absolute atomic E-state index is 12.4. The Balaban J connectivity index is 1.99. The van der Waals surface area contributed by atoms with Gasteiger partial charge in [-0.05, 0) is 45.2 Å². The summed E-state index contributed by atoms with van der Waals surface area (Å²) in [7, 11) is 0. The summed E-state index contributed by atoms with van der Waals surface area (Å²) in [6.45, 7) is 3.97. The summed E-state index contributed by atoms with van der Waals surface area (Å²) in [5.41, 5.74) is -1.12. The number of carbonyl (C=O) groups excluding carboxylic acids is 1. The Labute approximate surface area is 124 Å². The number of furan rings is 1. The molecule has 0 radical (unpaired) electrons. The van der Waals surface area contributed by atoms with Gasteiger partial charge in [0.15, 0.2) is 0 Å². The van der Waals surface area contributed by atoms with E-state index in [1.54, 1.807) is 19.3 Å². The van der Waals surface area contributed by atoms with E-state index in [-0.39, 0.29) is 12.1 Å². The Kier molecular flexibility index (Phi) is 4.55. The highest BCUT2D eigenvalue weighted by Crippen LogP contribution is 2.28. The van der Waals surface area contributed by atoms with Gasteiger partial charge in [0.25, 0.3) is 0 Å². The van der Waals surface area contributed by atoms with E-state index in [0.29, 0.717) is 19.4 Å². The van der Waals surface area contributed by atoms with E-state index < -0.39 is 11.5 Å². The molecule has 2 rings (SSSR count). The molecule has 1 aliphatic heterocycles. The maximum Gasteiger partial charge on any atom is 0.329 e. The molecule has 6 nitrogen and oxygen atoms in total. The number of carbonyl (C=O) groups is 2. The highest BCUT2D eigenvalue weighted by molar-refractivity contribution is 5.86. The van der Waals surface area contributed by atoms with Crippen LogP contribution in [-0.4, -0.2) is 40.1 Å². The number of piperidine rings is 1. The first-order valence-corrected chi connectivity index (χ1v) is 7.27.